The SMILES string of the molecule is CC(=O)c1ccc(-c2ccc(F)cc2)cc1.CCCCC(CCC)Nc1ncc[nH]1. The molecule has 2 aromatic carbocycles. The Kier molecular flexibility index (Phi) is 9.78. The van der Waals surface area contributed by atoms with Crippen LogP contribution in [0.3, 0.4) is 0 Å². The molecule has 0 fully saturated rings. The van der Waals surface area contributed by atoms with E-state index in [1.807, 2.05) is 18.3 Å². The number of aromatic nitrogens is 2. The number of nitrogens with one attached hydrogen (secondary N) is 2. The monoisotopic (exact) mass is 409 g/mol. The number of halogens is 1. The van der Waals surface area contributed by atoms with Crippen molar-refractivity contribution in [2.75, 3.05) is 5.32 Å². The molecule has 160 valence electrons. The second-order valence-corrected chi connectivity index (χ2v) is 7.35. The predicted octanol–water partition coefficient (Wildman–Crippen LogP) is 6.88. The third kappa shape index (κ3) is 7.82. The molecule has 0 aliphatic rings. The van der Waals surface area contributed by atoms with Crippen LogP contribution < -0.4 is 5.32 Å². The van der Waals surface area contributed by atoms with Crippen molar-refractivity contribution in [3.8, 4) is 11.1 Å². The molecule has 3 aromatic rings. The molecule has 0 radical (unpaired) electrons. The Morgan fingerprint density at radius 3 is 2.13 bits per heavy atom. The summed E-state index contributed by atoms with van der Waals surface area (Å²) in [7, 11) is 0. The maximum Gasteiger partial charge on any atom is 0.200 e. The second-order valence-electron chi connectivity index (χ2n) is 7.35. The van der Waals surface area contributed by atoms with Crippen molar-refractivity contribution in [3.63, 3.8) is 0 Å². The summed E-state index contributed by atoms with van der Waals surface area (Å²) in [5.41, 5.74) is 2.60. The Morgan fingerprint density at radius 1 is 1.00 bits per heavy atom. The van der Waals surface area contributed by atoms with E-state index in [1.165, 1.54) is 51.2 Å². The highest BCUT2D eigenvalue weighted by molar-refractivity contribution is 5.94. The summed E-state index contributed by atoms with van der Waals surface area (Å²) in [6.07, 6.45) is 9.88. The quantitative estimate of drug-likeness (QED) is 0.379. The smallest absolute Gasteiger partial charge is 0.200 e. The average Bonchev–Trinajstić information content (AvgIpc) is 3.26. The summed E-state index contributed by atoms with van der Waals surface area (Å²) in [6.45, 7) is 5.99. The van der Waals surface area contributed by atoms with Crippen LogP contribution in [0.25, 0.3) is 11.1 Å². The van der Waals surface area contributed by atoms with Crippen molar-refractivity contribution in [1.82, 2.24) is 9.97 Å². The number of hydrogen-bond acceptors (Lipinski definition) is 3. The van der Waals surface area contributed by atoms with Gasteiger partial charge in [0.05, 0.1) is 0 Å². The number of hydrogen-bond donors (Lipinski definition) is 2. The summed E-state index contributed by atoms with van der Waals surface area (Å²) >= 11 is 0. The first kappa shape index (κ1) is 23.3. The molecule has 0 saturated heterocycles. The summed E-state index contributed by atoms with van der Waals surface area (Å²) in [5.74, 6) is 0.703. The highest BCUT2D eigenvalue weighted by Gasteiger charge is 2.07. The van der Waals surface area contributed by atoms with Gasteiger partial charge >= 0.3 is 0 Å². The van der Waals surface area contributed by atoms with Gasteiger partial charge in [0, 0.05) is 24.0 Å². The van der Waals surface area contributed by atoms with Gasteiger partial charge in [-0.2, -0.15) is 0 Å². The third-order valence-corrected chi connectivity index (χ3v) is 4.85. The van der Waals surface area contributed by atoms with Crippen LogP contribution in [0.1, 0.15) is 63.2 Å². The summed E-state index contributed by atoms with van der Waals surface area (Å²) in [5, 5.41) is 3.43. The van der Waals surface area contributed by atoms with Gasteiger partial charge in [0.1, 0.15) is 5.82 Å². The number of unbranched alkanes of at least 4 members (excludes halogenated alkanes) is 1. The minimum Gasteiger partial charge on any atom is -0.353 e. The van der Waals surface area contributed by atoms with E-state index in [0.717, 1.165) is 17.1 Å². The predicted molar refractivity (Wildman–Crippen MR) is 122 cm³/mol. The average molecular weight is 410 g/mol. The number of ketones is 1. The number of carbonyl (C=O) groups is 1. The molecule has 1 unspecified atom stereocenters. The topological polar surface area (TPSA) is 57.8 Å². The minimum atomic E-state index is -0.246. The molecule has 0 aliphatic heterocycles. The number of Topliss-reactive ketones (excluding diaryl/α,β-unsaturated/α-hetero) is 1. The van der Waals surface area contributed by atoms with Crippen LogP contribution in [-0.4, -0.2) is 21.8 Å². The summed E-state index contributed by atoms with van der Waals surface area (Å²) in [4.78, 5) is 18.3. The molecule has 0 spiro atoms. The van der Waals surface area contributed by atoms with E-state index in [4.69, 9.17) is 0 Å². The minimum absolute atomic E-state index is 0.0469. The molecule has 4 nitrogen and oxygen atoms in total. The van der Waals surface area contributed by atoms with E-state index in [-0.39, 0.29) is 11.6 Å². The lowest BCUT2D eigenvalue weighted by atomic mass is 10.0. The molecule has 0 amide bonds. The van der Waals surface area contributed by atoms with E-state index < -0.39 is 0 Å². The molecule has 0 saturated carbocycles. The number of rotatable bonds is 9. The number of imidazole rings is 1. The van der Waals surface area contributed by atoms with Crippen molar-refractivity contribution in [2.45, 2.75) is 58.9 Å². The van der Waals surface area contributed by atoms with E-state index in [2.05, 4.69) is 29.1 Å². The van der Waals surface area contributed by atoms with Crippen molar-refractivity contribution >= 4 is 11.7 Å². The van der Waals surface area contributed by atoms with E-state index in [0.29, 0.717) is 11.6 Å². The molecular weight excluding hydrogens is 377 g/mol. The number of carbonyl (C=O) groups excluding carboxylic acids is 1. The zero-order valence-electron chi connectivity index (χ0n) is 18.1. The Morgan fingerprint density at radius 2 is 1.63 bits per heavy atom. The Bertz CT molecular complexity index is 858. The van der Waals surface area contributed by atoms with Crippen molar-refractivity contribution < 1.29 is 9.18 Å². The lowest BCUT2D eigenvalue weighted by Crippen LogP contribution is -2.19. The van der Waals surface area contributed by atoms with Gasteiger partial charge in [-0.3, -0.25) is 4.79 Å². The van der Waals surface area contributed by atoms with Gasteiger partial charge in [0.2, 0.25) is 0 Å². The van der Waals surface area contributed by atoms with Crippen LogP contribution in [0.4, 0.5) is 10.3 Å². The molecule has 5 heteroatoms. The Hall–Kier alpha value is -2.95. The Balaban J connectivity index is 0.000000216. The number of H-pyrrole nitrogens is 1. The van der Waals surface area contributed by atoms with Gasteiger partial charge in [-0.05, 0) is 43.0 Å². The van der Waals surface area contributed by atoms with Gasteiger partial charge in [0.15, 0.2) is 11.7 Å². The zero-order valence-corrected chi connectivity index (χ0v) is 18.1. The highest BCUT2D eigenvalue weighted by atomic mass is 19.1. The normalized spacial score (nSPS) is 11.3. The number of anilines is 1. The second kappa shape index (κ2) is 12.6. The zero-order chi connectivity index (χ0) is 21.8. The molecule has 0 aliphatic carbocycles. The molecule has 30 heavy (non-hydrogen) atoms. The van der Waals surface area contributed by atoms with Crippen LogP contribution >= 0.6 is 0 Å². The molecule has 1 atom stereocenters. The van der Waals surface area contributed by atoms with Crippen molar-refractivity contribution in [1.29, 1.82) is 0 Å². The number of nitrogens with zero attached hydrogens (tertiary/aromatic N) is 1. The molecule has 0 bridgehead atoms. The van der Waals surface area contributed by atoms with Crippen LogP contribution in [0, 0.1) is 5.82 Å². The summed E-state index contributed by atoms with van der Waals surface area (Å²) < 4.78 is 12.7. The summed E-state index contributed by atoms with van der Waals surface area (Å²) in [6, 6.07) is 14.2. The van der Waals surface area contributed by atoms with Gasteiger partial charge in [-0.15, -0.1) is 0 Å². The fourth-order valence-electron chi connectivity index (χ4n) is 3.16. The fraction of sp³-hybridized carbons (Fsp3) is 0.360. The largest absolute Gasteiger partial charge is 0.353 e. The van der Waals surface area contributed by atoms with Crippen LogP contribution in [0.15, 0.2) is 60.9 Å². The lowest BCUT2D eigenvalue weighted by molar-refractivity contribution is 0.101. The molecule has 3 rings (SSSR count). The van der Waals surface area contributed by atoms with E-state index in [1.54, 1.807) is 30.5 Å². The molecule has 1 aromatic heterocycles. The molecule has 2 N–H and O–H groups in total. The third-order valence-electron chi connectivity index (χ3n) is 4.85. The van der Waals surface area contributed by atoms with Gasteiger partial charge in [-0.25, -0.2) is 9.37 Å². The first-order valence-electron chi connectivity index (χ1n) is 10.7. The highest BCUT2D eigenvalue weighted by Crippen LogP contribution is 2.20. The standard InChI is InChI=1S/C14H11FO.C11H21N3/c1-10(16)11-2-4-12(5-3-11)13-6-8-14(15)9-7-13;1-3-5-7-10(6-4-2)14-11-12-8-9-13-11/h2-9H,1H3;8-10H,3-7H2,1-2H3,(H2,12,13,14). The fourth-order valence-corrected chi connectivity index (χ4v) is 3.16. The first-order chi connectivity index (χ1) is 14.5. The van der Waals surface area contributed by atoms with Gasteiger partial charge < -0.3 is 10.3 Å². The van der Waals surface area contributed by atoms with Crippen LogP contribution in [0.5, 0.6) is 0 Å². The van der Waals surface area contributed by atoms with Gasteiger partial charge in [-0.1, -0.05) is 69.5 Å². The van der Waals surface area contributed by atoms with E-state index in [9.17, 15) is 9.18 Å². The van der Waals surface area contributed by atoms with Crippen LogP contribution in [-0.2, 0) is 0 Å². The Labute approximate surface area is 179 Å². The maximum absolute atomic E-state index is 12.7. The van der Waals surface area contributed by atoms with Gasteiger partial charge in [0.25, 0.3) is 0 Å². The van der Waals surface area contributed by atoms with Crippen molar-refractivity contribution in [2.24, 2.45) is 0 Å². The van der Waals surface area contributed by atoms with E-state index >= 15 is 0 Å². The molecule has 1 heterocycles. The first-order valence-corrected chi connectivity index (χ1v) is 10.7. The van der Waals surface area contributed by atoms with Crippen LogP contribution in [0.2, 0.25) is 0 Å². The lowest BCUT2D eigenvalue weighted by Gasteiger charge is -2.16. The maximum atomic E-state index is 12.7. The molecular formula is C25H32FN3O. The number of benzene rings is 2. The number of aromatic amines is 1. The van der Waals surface area contributed by atoms with Crippen molar-refractivity contribution in [3.05, 3.63) is 72.3 Å².